The molecule has 1 aliphatic carbocycles. The standard InChI is InChI=1S/C15H32N2/c1-4-5-8-11-17(14(2)3)13-15(12-16)9-6-7-10-15/h14H,4-13,16H2,1-3H3. The molecule has 2 nitrogen and oxygen atoms in total. The average molecular weight is 240 g/mol. The molecule has 0 bridgehead atoms. The van der Waals surface area contributed by atoms with Crippen molar-refractivity contribution in [2.45, 2.75) is 71.8 Å². The smallest absolute Gasteiger partial charge is 0.00528 e. The van der Waals surface area contributed by atoms with Gasteiger partial charge in [0, 0.05) is 12.6 Å². The van der Waals surface area contributed by atoms with E-state index >= 15 is 0 Å². The van der Waals surface area contributed by atoms with Gasteiger partial charge in [-0.25, -0.2) is 0 Å². The molecule has 0 spiro atoms. The molecule has 2 heteroatoms. The van der Waals surface area contributed by atoms with Crippen LogP contribution in [-0.2, 0) is 0 Å². The van der Waals surface area contributed by atoms with Crippen LogP contribution in [0.25, 0.3) is 0 Å². The number of hydrogen-bond donors (Lipinski definition) is 1. The highest BCUT2D eigenvalue weighted by atomic mass is 15.2. The highest BCUT2D eigenvalue weighted by molar-refractivity contribution is 4.89. The van der Waals surface area contributed by atoms with Crippen LogP contribution in [0.5, 0.6) is 0 Å². The van der Waals surface area contributed by atoms with E-state index in [1.165, 1.54) is 58.0 Å². The van der Waals surface area contributed by atoms with Crippen molar-refractivity contribution in [2.24, 2.45) is 11.1 Å². The van der Waals surface area contributed by atoms with Crippen molar-refractivity contribution >= 4 is 0 Å². The van der Waals surface area contributed by atoms with E-state index in [1.54, 1.807) is 0 Å². The van der Waals surface area contributed by atoms with Gasteiger partial charge in [0.25, 0.3) is 0 Å². The van der Waals surface area contributed by atoms with E-state index in [0.29, 0.717) is 11.5 Å². The Balaban J connectivity index is 2.46. The molecule has 102 valence electrons. The first-order valence-electron chi connectivity index (χ1n) is 7.57. The van der Waals surface area contributed by atoms with Crippen molar-refractivity contribution in [3.8, 4) is 0 Å². The maximum Gasteiger partial charge on any atom is 0.00528 e. The zero-order valence-corrected chi connectivity index (χ0v) is 12.2. The predicted molar refractivity (Wildman–Crippen MR) is 76.2 cm³/mol. The first-order valence-corrected chi connectivity index (χ1v) is 7.57. The van der Waals surface area contributed by atoms with Gasteiger partial charge in [-0.1, -0.05) is 32.6 Å². The van der Waals surface area contributed by atoms with Gasteiger partial charge in [0.15, 0.2) is 0 Å². The molecular formula is C15H32N2. The Morgan fingerprint density at radius 2 is 1.82 bits per heavy atom. The molecule has 17 heavy (non-hydrogen) atoms. The summed E-state index contributed by atoms with van der Waals surface area (Å²) in [6, 6.07) is 0.663. The minimum absolute atomic E-state index is 0.441. The van der Waals surface area contributed by atoms with E-state index < -0.39 is 0 Å². The van der Waals surface area contributed by atoms with Crippen molar-refractivity contribution in [3.05, 3.63) is 0 Å². The van der Waals surface area contributed by atoms with Gasteiger partial charge in [0.05, 0.1) is 0 Å². The molecule has 0 heterocycles. The monoisotopic (exact) mass is 240 g/mol. The minimum atomic E-state index is 0.441. The molecule has 0 unspecified atom stereocenters. The third-order valence-electron chi connectivity index (χ3n) is 4.41. The molecule has 0 amide bonds. The quantitative estimate of drug-likeness (QED) is 0.659. The lowest BCUT2D eigenvalue weighted by Gasteiger charge is -2.37. The fraction of sp³-hybridized carbons (Fsp3) is 1.00. The molecule has 0 aromatic heterocycles. The van der Waals surface area contributed by atoms with E-state index in [0.717, 1.165) is 6.54 Å². The zero-order chi connectivity index (χ0) is 12.7. The van der Waals surface area contributed by atoms with Crippen LogP contribution < -0.4 is 5.73 Å². The summed E-state index contributed by atoms with van der Waals surface area (Å²) in [5, 5.41) is 0. The SMILES string of the molecule is CCCCCN(CC1(CN)CCCC1)C(C)C. The van der Waals surface area contributed by atoms with Crippen LogP contribution in [-0.4, -0.2) is 30.6 Å². The third-order valence-corrected chi connectivity index (χ3v) is 4.41. The van der Waals surface area contributed by atoms with Crippen LogP contribution in [0.15, 0.2) is 0 Å². The minimum Gasteiger partial charge on any atom is -0.330 e. The summed E-state index contributed by atoms with van der Waals surface area (Å²) in [5.74, 6) is 0. The predicted octanol–water partition coefficient (Wildman–Crippen LogP) is 3.41. The Hall–Kier alpha value is -0.0800. The lowest BCUT2D eigenvalue weighted by Crippen LogP contribution is -2.44. The van der Waals surface area contributed by atoms with Crippen molar-refractivity contribution in [1.82, 2.24) is 4.90 Å². The van der Waals surface area contributed by atoms with Crippen molar-refractivity contribution in [3.63, 3.8) is 0 Å². The largest absolute Gasteiger partial charge is 0.330 e. The lowest BCUT2D eigenvalue weighted by molar-refractivity contribution is 0.126. The maximum atomic E-state index is 6.05. The summed E-state index contributed by atoms with van der Waals surface area (Å²) >= 11 is 0. The van der Waals surface area contributed by atoms with Gasteiger partial charge in [-0.3, -0.25) is 0 Å². The van der Waals surface area contributed by atoms with Crippen molar-refractivity contribution in [1.29, 1.82) is 0 Å². The molecule has 0 aromatic carbocycles. The number of nitrogens with two attached hydrogens (primary N) is 1. The summed E-state index contributed by atoms with van der Waals surface area (Å²) < 4.78 is 0. The average Bonchev–Trinajstić information content (AvgIpc) is 2.77. The van der Waals surface area contributed by atoms with Gasteiger partial charge < -0.3 is 10.6 Å². The van der Waals surface area contributed by atoms with Gasteiger partial charge in [0.1, 0.15) is 0 Å². The van der Waals surface area contributed by atoms with Gasteiger partial charge >= 0.3 is 0 Å². The Kier molecular flexibility index (Phi) is 6.50. The topological polar surface area (TPSA) is 29.3 Å². The maximum absolute atomic E-state index is 6.05. The molecule has 0 saturated heterocycles. The summed E-state index contributed by atoms with van der Waals surface area (Å²) in [6.07, 6.45) is 9.49. The van der Waals surface area contributed by atoms with Crippen molar-refractivity contribution < 1.29 is 0 Å². The first-order chi connectivity index (χ1) is 8.13. The Morgan fingerprint density at radius 3 is 2.29 bits per heavy atom. The second-order valence-electron chi connectivity index (χ2n) is 6.18. The number of rotatable bonds is 8. The van der Waals surface area contributed by atoms with E-state index in [2.05, 4.69) is 25.7 Å². The molecular weight excluding hydrogens is 208 g/mol. The molecule has 1 rings (SSSR count). The van der Waals surface area contributed by atoms with E-state index in [-0.39, 0.29) is 0 Å². The van der Waals surface area contributed by atoms with Crippen LogP contribution in [0.2, 0.25) is 0 Å². The van der Waals surface area contributed by atoms with E-state index in [9.17, 15) is 0 Å². The molecule has 0 aliphatic heterocycles. The summed E-state index contributed by atoms with van der Waals surface area (Å²) in [5.41, 5.74) is 6.49. The highest BCUT2D eigenvalue weighted by Crippen LogP contribution is 2.38. The van der Waals surface area contributed by atoms with Crippen molar-refractivity contribution in [2.75, 3.05) is 19.6 Å². The fourth-order valence-corrected chi connectivity index (χ4v) is 3.07. The Morgan fingerprint density at radius 1 is 1.18 bits per heavy atom. The molecule has 1 saturated carbocycles. The number of nitrogens with zero attached hydrogens (tertiary/aromatic N) is 1. The molecule has 1 fully saturated rings. The lowest BCUT2D eigenvalue weighted by atomic mass is 9.85. The van der Waals surface area contributed by atoms with Gasteiger partial charge in [-0.15, -0.1) is 0 Å². The van der Waals surface area contributed by atoms with Crippen LogP contribution in [0, 0.1) is 5.41 Å². The van der Waals surface area contributed by atoms with Crippen LogP contribution in [0.4, 0.5) is 0 Å². The summed E-state index contributed by atoms with van der Waals surface area (Å²) in [6.45, 7) is 10.3. The molecule has 0 aromatic rings. The second kappa shape index (κ2) is 7.38. The van der Waals surface area contributed by atoms with Gasteiger partial charge in [-0.05, 0) is 51.6 Å². The second-order valence-corrected chi connectivity index (χ2v) is 6.18. The molecule has 1 aliphatic rings. The summed E-state index contributed by atoms with van der Waals surface area (Å²) in [4.78, 5) is 2.66. The van der Waals surface area contributed by atoms with Crippen LogP contribution in [0.3, 0.4) is 0 Å². The molecule has 0 atom stereocenters. The van der Waals surface area contributed by atoms with E-state index in [1.807, 2.05) is 0 Å². The molecule has 2 N–H and O–H groups in total. The third kappa shape index (κ3) is 4.59. The first kappa shape index (κ1) is 15.0. The van der Waals surface area contributed by atoms with Gasteiger partial charge in [0.2, 0.25) is 0 Å². The molecule has 0 radical (unpaired) electrons. The van der Waals surface area contributed by atoms with Gasteiger partial charge in [-0.2, -0.15) is 0 Å². The number of hydrogen-bond acceptors (Lipinski definition) is 2. The Labute approximate surface area is 108 Å². The zero-order valence-electron chi connectivity index (χ0n) is 12.2. The summed E-state index contributed by atoms with van der Waals surface area (Å²) in [7, 11) is 0. The number of unbranched alkanes of at least 4 members (excludes halogenated alkanes) is 2. The van der Waals surface area contributed by atoms with Crippen LogP contribution in [0.1, 0.15) is 65.7 Å². The highest BCUT2D eigenvalue weighted by Gasteiger charge is 2.34. The Bertz CT molecular complexity index is 195. The fourth-order valence-electron chi connectivity index (χ4n) is 3.07. The van der Waals surface area contributed by atoms with E-state index in [4.69, 9.17) is 5.73 Å². The normalized spacial score (nSPS) is 19.4. The van der Waals surface area contributed by atoms with Crippen LogP contribution >= 0.6 is 0 Å².